The summed E-state index contributed by atoms with van der Waals surface area (Å²) in [7, 11) is 1.87. The van der Waals surface area contributed by atoms with E-state index >= 15 is 0 Å². The number of hydrogen-bond acceptors (Lipinski definition) is 5. The zero-order valence-corrected chi connectivity index (χ0v) is 12.9. The van der Waals surface area contributed by atoms with E-state index in [2.05, 4.69) is 10.3 Å². The van der Waals surface area contributed by atoms with Crippen LogP contribution in [0.3, 0.4) is 0 Å². The Balaban J connectivity index is 2.22. The van der Waals surface area contributed by atoms with Crippen molar-refractivity contribution in [2.75, 3.05) is 29.5 Å². The lowest BCUT2D eigenvalue weighted by atomic mass is 10.2. The zero-order chi connectivity index (χ0) is 15.6. The minimum atomic E-state index is -0.394. The molecule has 112 valence electrons. The van der Waals surface area contributed by atoms with Crippen LogP contribution in [0.5, 0.6) is 0 Å². The SMILES string of the molecule is CCN(C)c1nc(N)c(C(=O)Nc2cc(C)cc(F)c2)s1. The minimum Gasteiger partial charge on any atom is -0.382 e. The molecule has 0 bridgehead atoms. The first-order valence-electron chi connectivity index (χ1n) is 6.46. The molecule has 1 heterocycles. The van der Waals surface area contributed by atoms with Gasteiger partial charge >= 0.3 is 0 Å². The van der Waals surface area contributed by atoms with E-state index < -0.39 is 5.82 Å². The number of halogens is 1. The van der Waals surface area contributed by atoms with E-state index in [9.17, 15) is 9.18 Å². The number of nitrogens with zero attached hydrogens (tertiary/aromatic N) is 2. The van der Waals surface area contributed by atoms with Gasteiger partial charge in [0.25, 0.3) is 5.91 Å². The molecule has 1 aromatic heterocycles. The summed E-state index contributed by atoms with van der Waals surface area (Å²) in [4.78, 5) is 18.6. The maximum absolute atomic E-state index is 13.3. The number of aryl methyl sites for hydroxylation is 1. The van der Waals surface area contributed by atoms with E-state index in [4.69, 9.17) is 5.73 Å². The van der Waals surface area contributed by atoms with E-state index in [0.29, 0.717) is 15.7 Å². The summed E-state index contributed by atoms with van der Waals surface area (Å²) < 4.78 is 13.3. The predicted octanol–water partition coefficient (Wildman–Crippen LogP) is 2.88. The molecule has 1 aromatic carbocycles. The Hall–Kier alpha value is -2.15. The number of nitrogens with two attached hydrogens (primary N) is 1. The van der Waals surface area contributed by atoms with Gasteiger partial charge in [-0.1, -0.05) is 11.3 Å². The second kappa shape index (κ2) is 6.09. The minimum absolute atomic E-state index is 0.181. The molecule has 2 aromatic rings. The van der Waals surface area contributed by atoms with Crippen LogP contribution >= 0.6 is 11.3 Å². The predicted molar refractivity (Wildman–Crippen MR) is 84.6 cm³/mol. The van der Waals surface area contributed by atoms with Gasteiger partial charge in [0, 0.05) is 19.3 Å². The van der Waals surface area contributed by atoms with E-state index in [1.165, 1.54) is 23.5 Å². The van der Waals surface area contributed by atoms with Gasteiger partial charge in [-0.2, -0.15) is 0 Å². The van der Waals surface area contributed by atoms with Crippen LogP contribution < -0.4 is 16.0 Å². The molecule has 0 aliphatic rings. The van der Waals surface area contributed by atoms with Crippen molar-refractivity contribution in [2.45, 2.75) is 13.8 Å². The van der Waals surface area contributed by atoms with E-state index in [1.54, 1.807) is 13.0 Å². The van der Waals surface area contributed by atoms with Gasteiger partial charge in [-0.05, 0) is 37.6 Å². The summed E-state index contributed by atoms with van der Waals surface area (Å²) in [5, 5.41) is 3.32. The van der Waals surface area contributed by atoms with Gasteiger partial charge in [0.1, 0.15) is 16.5 Å². The third-order valence-corrected chi connectivity index (χ3v) is 4.13. The molecule has 1 amide bonds. The maximum atomic E-state index is 13.3. The number of carbonyl (C=O) groups is 1. The smallest absolute Gasteiger partial charge is 0.269 e. The first kappa shape index (κ1) is 15.2. The Morgan fingerprint density at radius 2 is 2.19 bits per heavy atom. The lowest BCUT2D eigenvalue weighted by molar-refractivity contribution is 0.103. The summed E-state index contributed by atoms with van der Waals surface area (Å²) in [5.74, 6) is -0.597. The number of hydrogen-bond donors (Lipinski definition) is 2. The highest BCUT2D eigenvalue weighted by Crippen LogP contribution is 2.28. The van der Waals surface area contributed by atoms with Crippen molar-refractivity contribution in [3.63, 3.8) is 0 Å². The van der Waals surface area contributed by atoms with E-state index in [0.717, 1.165) is 12.1 Å². The molecule has 0 saturated heterocycles. The fraction of sp³-hybridized carbons (Fsp3) is 0.286. The molecule has 0 spiro atoms. The Kier molecular flexibility index (Phi) is 4.42. The number of anilines is 3. The first-order chi connectivity index (χ1) is 9.90. The Labute approximate surface area is 126 Å². The fourth-order valence-electron chi connectivity index (χ4n) is 1.78. The fourth-order valence-corrected chi connectivity index (χ4v) is 2.68. The molecular weight excluding hydrogens is 291 g/mol. The van der Waals surface area contributed by atoms with Crippen molar-refractivity contribution < 1.29 is 9.18 Å². The lowest BCUT2D eigenvalue weighted by Gasteiger charge is -2.10. The van der Waals surface area contributed by atoms with Crippen LogP contribution in [0, 0.1) is 12.7 Å². The highest BCUT2D eigenvalue weighted by atomic mass is 32.1. The maximum Gasteiger partial charge on any atom is 0.269 e. The summed E-state index contributed by atoms with van der Waals surface area (Å²) in [6.07, 6.45) is 0. The highest BCUT2D eigenvalue weighted by Gasteiger charge is 2.18. The summed E-state index contributed by atoms with van der Waals surface area (Å²) in [6.45, 7) is 4.50. The highest BCUT2D eigenvalue weighted by molar-refractivity contribution is 7.18. The average molecular weight is 308 g/mol. The van der Waals surface area contributed by atoms with Crippen molar-refractivity contribution >= 4 is 33.9 Å². The molecule has 0 saturated carbocycles. The average Bonchev–Trinajstić information content (AvgIpc) is 2.78. The van der Waals surface area contributed by atoms with E-state index in [1.807, 2.05) is 18.9 Å². The lowest BCUT2D eigenvalue weighted by Crippen LogP contribution is -2.15. The quantitative estimate of drug-likeness (QED) is 0.911. The standard InChI is InChI=1S/C14H17FN4OS/c1-4-19(3)14-18-12(16)11(21-14)13(20)17-10-6-8(2)5-9(15)7-10/h5-7H,4,16H2,1-3H3,(H,17,20). The van der Waals surface area contributed by atoms with Crippen LogP contribution in [0.1, 0.15) is 22.2 Å². The van der Waals surface area contributed by atoms with Crippen molar-refractivity contribution in [2.24, 2.45) is 0 Å². The van der Waals surface area contributed by atoms with Crippen molar-refractivity contribution in [1.82, 2.24) is 4.98 Å². The number of thiazole rings is 1. The van der Waals surface area contributed by atoms with Gasteiger partial charge in [-0.15, -0.1) is 0 Å². The van der Waals surface area contributed by atoms with Gasteiger partial charge in [0.15, 0.2) is 5.13 Å². The molecule has 0 atom stereocenters. The monoisotopic (exact) mass is 308 g/mol. The van der Waals surface area contributed by atoms with E-state index in [-0.39, 0.29) is 11.7 Å². The van der Waals surface area contributed by atoms with Gasteiger partial charge < -0.3 is 16.0 Å². The van der Waals surface area contributed by atoms with Crippen LogP contribution in [-0.2, 0) is 0 Å². The summed E-state index contributed by atoms with van der Waals surface area (Å²) >= 11 is 1.21. The number of carbonyl (C=O) groups excluding carboxylic acids is 1. The summed E-state index contributed by atoms with van der Waals surface area (Å²) in [6, 6.07) is 4.35. The second-order valence-corrected chi connectivity index (χ2v) is 5.67. The molecular formula is C14H17FN4OS. The second-order valence-electron chi connectivity index (χ2n) is 4.70. The molecule has 0 aliphatic heterocycles. The Morgan fingerprint density at radius 1 is 1.48 bits per heavy atom. The van der Waals surface area contributed by atoms with Gasteiger partial charge in [0.2, 0.25) is 0 Å². The first-order valence-corrected chi connectivity index (χ1v) is 7.28. The number of rotatable bonds is 4. The molecule has 21 heavy (non-hydrogen) atoms. The normalized spacial score (nSPS) is 10.5. The van der Waals surface area contributed by atoms with Crippen LogP contribution in [0.25, 0.3) is 0 Å². The van der Waals surface area contributed by atoms with Crippen LogP contribution in [-0.4, -0.2) is 24.5 Å². The number of nitrogens with one attached hydrogen (secondary N) is 1. The molecule has 7 heteroatoms. The summed E-state index contributed by atoms with van der Waals surface area (Å²) in [5.41, 5.74) is 6.92. The van der Waals surface area contributed by atoms with Gasteiger partial charge in [-0.25, -0.2) is 9.37 Å². The molecule has 5 nitrogen and oxygen atoms in total. The van der Waals surface area contributed by atoms with Crippen molar-refractivity contribution in [1.29, 1.82) is 0 Å². The molecule has 3 N–H and O–H groups in total. The van der Waals surface area contributed by atoms with Crippen LogP contribution in [0.15, 0.2) is 18.2 Å². The van der Waals surface area contributed by atoms with Crippen LogP contribution in [0.2, 0.25) is 0 Å². The van der Waals surface area contributed by atoms with Crippen molar-refractivity contribution in [3.05, 3.63) is 34.5 Å². The van der Waals surface area contributed by atoms with Gasteiger partial charge in [-0.3, -0.25) is 4.79 Å². The van der Waals surface area contributed by atoms with Gasteiger partial charge in [0.05, 0.1) is 0 Å². The third-order valence-electron chi connectivity index (χ3n) is 2.95. The Bertz CT molecular complexity index is 651. The molecule has 0 fully saturated rings. The topological polar surface area (TPSA) is 71.2 Å². The molecule has 2 rings (SSSR count). The number of nitrogen functional groups attached to an aromatic ring is 1. The number of amides is 1. The molecule has 0 aliphatic carbocycles. The number of benzene rings is 1. The number of aromatic nitrogens is 1. The molecule has 0 unspecified atom stereocenters. The third kappa shape index (κ3) is 3.49. The Morgan fingerprint density at radius 3 is 2.81 bits per heavy atom. The van der Waals surface area contributed by atoms with Crippen LogP contribution in [0.4, 0.5) is 21.0 Å². The molecule has 0 radical (unpaired) electrons. The largest absolute Gasteiger partial charge is 0.382 e. The zero-order valence-electron chi connectivity index (χ0n) is 12.1. The van der Waals surface area contributed by atoms with Crippen molar-refractivity contribution in [3.8, 4) is 0 Å².